The first-order chi connectivity index (χ1) is 27.3. The Morgan fingerprint density at radius 2 is 1.04 bits per heavy atom. The van der Waals surface area contributed by atoms with Gasteiger partial charge < -0.3 is 34.6 Å². The van der Waals surface area contributed by atoms with Crippen LogP contribution >= 0.6 is 7.82 Å². The maximum absolute atomic E-state index is 12.4. The van der Waals surface area contributed by atoms with Gasteiger partial charge in [-0.1, -0.05) is 191 Å². The van der Waals surface area contributed by atoms with Crippen LogP contribution in [0.3, 0.4) is 0 Å². The van der Waals surface area contributed by atoms with Gasteiger partial charge >= 0.3 is 19.8 Å². The molecule has 0 aromatic rings. The molecule has 0 aliphatic heterocycles. The highest BCUT2D eigenvalue weighted by atomic mass is 31.2. The summed E-state index contributed by atoms with van der Waals surface area (Å²) in [6.45, 7) is 5.64. The molecule has 11 nitrogen and oxygen atoms in total. The quantitative estimate of drug-likeness (QED) is 0.0172. The summed E-state index contributed by atoms with van der Waals surface area (Å²) in [5.74, 6) is -0.386. The first kappa shape index (κ1) is 54.9. The number of rotatable bonds is 39. The van der Waals surface area contributed by atoms with Gasteiger partial charge in [-0.15, -0.1) is 0 Å². The standard InChI is InChI=1S/C45H81O11P/c1-4-5-24-31-40(46)32-26-21-18-19-22-27-33-42(47)43(48)34-29-36-44(49)54-37-41(38-55-57(51,52)53)56-45(50)35-28-23-17-15-13-11-9-7-6-8-10-12-14-16-20-25-30-39(2)3/h18-19,21-22,26-27,32-33,39-43,46-48H,4-17,20,23-25,28-31,34-38H2,1-3H3,(H2,51,52,53)/b21-18-,22-19+,32-26+,33-27+/t40-,41-,42-,43-/m1/s1. The average Bonchev–Trinajstić information content (AvgIpc) is 3.15. The fourth-order valence-electron chi connectivity index (χ4n) is 6.18. The molecule has 12 heteroatoms. The number of phosphoric ester groups is 1. The Labute approximate surface area is 345 Å². The first-order valence-electron chi connectivity index (χ1n) is 22.1. The molecule has 0 unspecified atom stereocenters. The Hall–Kier alpha value is -2.11. The van der Waals surface area contributed by atoms with E-state index in [2.05, 4.69) is 25.3 Å². The third kappa shape index (κ3) is 40.5. The smallest absolute Gasteiger partial charge is 0.462 e. The number of phosphoric acid groups is 1. The summed E-state index contributed by atoms with van der Waals surface area (Å²) in [6.07, 6.45) is 34.9. The van der Waals surface area contributed by atoms with Crippen LogP contribution in [-0.4, -0.2) is 74.7 Å². The monoisotopic (exact) mass is 829 g/mol. The highest BCUT2D eigenvalue weighted by Gasteiger charge is 2.23. The molecular weight excluding hydrogens is 747 g/mol. The Morgan fingerprint density at radius 3 is 1.56 bits per heavy atom. The SMILES string of the molecule is CCCCC[C@@H](O)/C=C/C=C\C=C\C=C\[C@@H](O)[C@H](O)CCCC(=O)OC[C@H](COP(=O)(O)O)OC(=O)CCCCCCCCCCCCCCCCCCC(C)C. The number of hydrogen-bond acceptors (Lipinski definition) is 9. The molecule has 0 aliphatic carbocycles. The molecule has 0 radical (unpaired) electrons. The van der Waals surface area contributed by atoms with Crippen molar-refractivity contribution in [2.24, 2.45) is 5.92 Å². The van der Waals surface area contributed by atoms with E-state index in [0.29, 0.717) is 6.42 Å². The molecular formula is C45H81O11P. The van der Waals surface area contributed by atoms with E-state index in [1.807, 2.05) is 0 Å². The molecule has 0 bridgehead atoms. The third-order valence-corrected chi connectivity index (χ3v) is 10.1. The van der Waals surface area contributed by atoms with Crippen LogP contribution in [0.1, 0.15) is 181 Å². The second-order valence-electron chi connectivity index (χ2n) is 15.7. The summed E-state index contributed by atoms with van der Waals surface area (Å²) in [4.78, 5) is 43.0. The molecule has 0 aromatic carbocycles. The van der Waals surface area contributed by atoms with Crippen molar-refractivity contribution >= 4 is 19.8 Å². The van der Waals surface area contributed by atoms with Crippen LogP contribution in [0.25, 0.3) is 0 Å². The normalized spacial score (nSPS) is 14.7. The van der Waals surface area contributed by atoms with E-state index in [-0.39, 0.29) is 25.7 Å². The van der Waals surface area contributed by atoms with Crippen LogP contribution in [0.15, 0.2) is 48.6 Å². The minimum atomic E-state index is -4.84. The molecule has 0 saturated carbocycles. The molecule has 0 amide bonds. The average molecular weight is 829 g/mol. The van der Waals surface area contributed by atoms with E-state index in [9.17, 15) is 29.5 Å². The number of aliphatic hydroxyl groups is 3. The van der Waals surface area contributed by atoms with Crippen molar-refractivity contribution in [3.05, 3.63) is 48.6 Å². The predicted octanol–water partition coefficient (Wildman–Crippen LogP) is 10.3. The number of carbonyl (C=O) groups excluding carboxylic acids is 2. The van der Waals surface area contributed by atoms with E-state index < -0.39 is 57.4 Å². The molecule has 0 saturated heterocycles. The van der Waals surface area contributed by atoms with Crippen LogP contribution < -0.4 is 0 Å². The molecule has 57 heavy (non-hydrogen) atoms. The van der Waals surface area contributed by atoms with Crippen molar-refractivity contribution in [3.8, 4) is 0 Å². The van der Waals surface area contributed by atoms with Crippen LogP contribution in [0, 0.1) is 5.92 Å². The molecule has 4 atom stereocenters. The molecule has 0 heterocycles. The van der Waals surface area contributed by atoms with Crippen molar-refractivity contribution in [3.63, 3.8) is 0 Å². The van der Waals surface area contributed by atoms with E-state index in [1.165, 1.54) is 89.5 Å². The lowest BCUT2D eigenvalue weighted by molar-refractivity contribution is -0.161. The van der Waals surface area contributed by atoms with Gasteiger partial charge in [-0.2, -0.15) is 0 Å². The van der Waals surface area contributed by atoms with Gasteiger partial charge in [0.2, 0.25) is 0 Å². The minimum Gasteiger partial charge on any atom is -0.462 e. The summed E-state index contributed by atoms with van der Waals surface area (Å²) in [7, 11) is -4.84. The zero-order valence-electron chi connectivity index (χ0n) is 35.7. The lowest BCUT2D eigenvalue weighted by Gasteiger charge is -2.18. The number of hydrogen-bond donors (Lipinski definition) is 5. The lowest BCUT2D eigenvalue weighted by Crippen LogP contribution is -2.29. The molecule has 0 fully saturated rings. The van der Waals surface area contributed by atoms with Gasteiger partial charge in [-0.05, 0) is 31.6 Å². The van der Waals surface area contributed by atoms with Crippen LogP contribution in [0.5, 0.6) is 0 Å². The molecule has 0 aromatic heterocycles. The summed E-state index contributed by atoms with van der Waals surface area (Å²) >= 11 is 0. The molecule has 0 aliphatic rings. The van der Waals surface area contributed by atoms with Crippen molar-refractivity contribution in [2.45, 2.75) is 206 Å². The largest absolute Gasteiger partial charge is 0.469 e. The minimum absolute atomic E-state index is 0.0854. The fraction of sp³-hybridized carbons (Fsp3) is 0.778. The fourth-order valence-corrected chi connectivity index (χ4v) is 6.54. The second kappa shape index (κ2) is 38.1. The predicted molar refractivity (Wildman–Crippen MR) is 229 cm³/mol. The summed E-state index contributed by atoms with van der Waals surface area (Å²) in [5.41, 5.74) is 0. The van der Waals surface area contributed by atoms with Gasteiger partial charge in [0.15, 0.2) is 6.10 Å². The van der Waals surface area contributed by atoms with Gasteiger partial charge in [-0.3, -0.25) is 14.1 Å². The Balaban J connectivity index is 4.18. The van der Waals surface area contributed by atoms with Gasteiger partial charge in [-0.25, -0.2) is 4.57 Å². The molecule has 332 valence electrons. The summed E-state index contributed by atoms with van der Waals surface area (Å²) < 4.78 is 26.2. The summed E-state index contributed by atoms with van der Waals surface area (Å²) in [5, 5.41) is 30.3. The third-order valence-electron chi connectivity index (χ3n) is 9.64. The topological polar surface area (TPSA) is 180 Å². The van der Waals surface area contributed by atoms with Crippen molar-refractivity contribution in [1.82, 2.24) is 0 Å². The van der Waals surface area contributed by atoms with E-state index in [0.717, 1.165) is 50.9 Å². The number of aliphatic hydroxyl groups excluding tert-OH is 3. The number of esters is 2. The maximum atomic E-state index is 12.4. The number of allylic oxidation sites excluding steroid dienone is 6. The van der Waals surface area contributed by atoms with Crippen molar-refractivity contribution in [1.29, 1.82) is 0 Å². The van der Waals surface area contributed by atoms with Gasteiger partial charge in [0, 0.05) is 12.8 Å². The van der Waals surface area contributed by atoms with Crippen molar-refractivity contribution in [2.75, 3.05) is 13.2 Å². The molecule has 5 N–H and O–H groups in total. The van der Waals surface area contributed by atoms with Gasteiger partial charge in [0.05, 0.1) is 24.9 Å². The van der Waals surface area contributed by atoms with E-state index in [4.69, 9.17) is 19.3 Å². The van der Waals surface area contributed by atoms with Gasteiger partial charge in [0.1, 0.15) is 6.61 Å². The van der Waals surface area contributed by atoms with E-state index >= 15 is 0 Å². The Bertz CT molecular complexity index is 1130. The summed E-state index contributed by atoms with van der Waals surface area (Å²) in [6, 6.07) is 0. The van der Waals surface area contributed by atoms with E-state index in [1.54, 1.807) is 42.5 Å². The molecule has 0 spiro atoms. The van der Waals surface area contributed by atoms with Crippen LogP contribution in [0.4, 0.5) is 0 Å². The molecule has 0 rings (SSSR count). The Morgan fingerprint density at radius 1 is 0.561 bits per heavy atom. The zero-order valence-corrected chi connectivity index (χ0v) is 36.6. The second-order valence-corrected chi connectivity index (χ2v) is 17.0. The number of unbranched alkanes of at least 4 members (excludes halogenated alkanes) is 17. The highest BCUT2D eigenvalue weighted by Crippen LogP contribution is 2.36. The van der Waals surface area contributed by atoms with Crippen molar-refractivity contribution < 1.29 is 53.3 Å². The highest BCUT2D eigenvalue weighted by molar-refractivity contribution is 7.46. The lowest BCUT2D eigenvalue weighted by atomic mass is 10.0. The van der Waals surface area contributed by atoms with Crippen LogP contribution in [0.2, 0.25) is 0 Å². The Kier molecular flexibility index (Phi) is 36.7. The maximum Gasteiger partial charge on any atom is 0.469 e. The zero-order chi connectivity index (χ0) is 42.4. The first-order valence-corrected chi connectivity index (χ1v) is 23.6. The number of ether oxygens (including phenoxy) is 2. The van der Waals surface area contributed by atoms with Crippen LogP contribution in [-0.2, 0) is 28.2 Å². The number of carbonyl (C=O) groups is 2. The van der Waals surface area contributed by atoms with Gasteiger partial charge in [0.25, 0.3) is 0 Å².